The van der Waals surface area contributed by atoms with Gasteiger partial charge in [-0.25, -0.2) is 0 Å². The lowest BCUT2D eigenvalue weighted by atomic mass is 10.0. The fraction of sp³-hybridized carbons (Fsp3) is 0.500. The first-order chi connectivity index (χ1) is 8.67. The van der Waals surface area contributed by atoms with E-state index in [1.54, 1.807) is 6.07 Å². The Labute approximate surface area is 108 Å². The Morgan fingerprint density at radius 3 is 2.89 bits per heavy atom. The standard InChI is InChI=1S/C14H22N2O2/c1-2-11(6-7-17)9-16-10-12-4-3-5-13(8-12)14(15)18/h3-5,8,11,16-17H,2,6-7,9-10H2,1H3,(H2,15,18). The van der Waals surface area contributed by atoms with Gasteiger partial charge in [0.2, 0.25) is 5.91 Å². The maximum atomic E-state index is 11.0. The maximum absolute atomic E-state index is 11.0. The van der Waals surface area contributed by atoms with Gasteiger partial charge >= 0.3 is 0 Å². The minimum absolute atomic E-state index is 0.233. The van der Waals surface area contributed by atoms with Crippen molar-refractivity contribution in [2.45, 2.75) is 26.3 Å². The zero-order valence-electron chi connectivity index (χ0n) is 10.9. The lowest BCUT2D eigenvalue weighted by Crippen LogP contribution is -2.23. The molecule has 0 saturated carbocycles. The maximum Gasteiger partial charge on any atom is 0.248 e. The van der Waals surface area contributed by atoms with Crippen molar-refractivity contribution in [3.8, 4) is 0 Å². The predicted octanol–water partition coefficient (Wildman–Crippen LogP) is 1.28. The molecule has 1 amide bonds. The van der Waals surface area contributed by atoms with Crippen LogP contribution in [0, 0.1) is 5.92 Å². The summed E-state index contributed by atoms with van der Waals surface area (Å²) in [6.45, 7) is 3.94. The van der Waals surface area contributed by atoms with E-state index in [2.05, 4.69) is 12.2 Å². The van der Waals surface area contributed by atoms with Crippen molar-refractivity contribution in [3.05, 3.63) is 35.4 Å². The second-order valence-electron chi connectivity index (χ2n) is 4.48. The van der Waals surface area contributed by atoms with Crippen LogP contribution in [0.25, 0.3) is 0 Å². The highest BCUT2D eigenvalue weighted by Crippen LogP contribution is 2.07. The van der Waals surface area contributed by atoms with Crippen LogP contribution >= 0.6 is 0 Å². The summed E-state index contributed by atoms with van der Waals surface area (Å²) in [5, 5.41) is 12.2. The van der Waals surface area contributed by atoms with Gasteiger partial charge in [0, 0.05) is 18.7 Å². The average molecular weight is 250 g/mol. The highest BCUT2D eigenvalue weighted by atomic mass is 16.3. The van der Waals surface area contributed by atoms with Crippen LogP contribution < -0.4 is 11.1 Å². The second-order valence-corrected chi connectivity index (χ2v) is 4.48. The third-order valence-corrected chi connectivity index (χ3v) is 3.09. The Balaban J connectivity index is 2.43. The van der Waals surface area contributed by atoms with Gasteiger partial charge in [0.1, 0.15) is 0 Å². The van der Waals surface area contributed by atoms with Gasteiger partial charge in [0.15, 0.2) is 0 Å². The van der Waals surface area contributed by atoms with E-state index in [0.29, 0.717) is 18.0 Å². The molecule has 1 unspecified atom stereocenters. The molecular formula is C14H22N2O2. The first-order valence-corrected chi connectivity index (χ1v) is 6.37. The van der Waals surface area contributed by atoms with Crippen LogP contribution in [0.1, 0.15) is 35.7 Å². The molecule has 4 heteroatoms. The molecule has 0 aliphatic carbocycles. The molecule has 0 radical (unpaired) electrons. The lowest BCUT2D eigenvalue weighted by Gasteiger charge is -2.14. The molecular weight excluding hydrogens is 228 g/mol. The topological polar surface area (TPSA) is 75.3 Å². The number of aliphatic hydroxyl groups is 1. The SMILES string of the molecule is CCC(CCO)CNCc1cccc(C(N)=O)c1. The number of carbonyl (C=O) groups excluding carboxylic acids is 1. The summed E-state index contributed by atoms with van der Waals surface area (Å²) in [6, 6.07) is 7.32. The first kappa shape index (κ1) is 14.7. The molecule has 0 saturated heterocycles. The number of amides is 1. The highest BCUT2D eigenvalue weighted by molar-refractivity contribution is 5.92. The van der Waals surface area contributed by atoms with Gasteiger partial charge in [-0.1, -0.05) is 25.5 Å². The van der Waals surface area contributed by atoms with Gasteiger partial charge in [0.25, 0.3) is 0 Å². The molecule has 1 rings (SSSR count). The minimum atomic E-state index is -0.399. The van der Waals surface area contributed by atoms with Crippen LogP contribution in [0.3, 0.4) is 0 Å². The van der Waals surface area contributed by atoms with E-state index in [1.165, 1.54) is 0 Å². The molecule has 0 aromatic heterocycles. The summed E-state index contributed by atoms with van der Waals surface area (Å²) < 4.78 is 0. The van der Waals surface area contributed by atoms with E-state index in [0.717, 1.165) is 24.9 Å². The summed E-state index contributed by atoms with van der Waals surface area (Å²) in [4.78, 5) is 11.0. The molecule has 0 heterocycles. The number of benzene rings is 1. The fourth-order valence-corrected chi connectivity index (χ4v) is 1.89. The predicted molar refractivity (Wildman–Crippen MR) is 72.2 cm³/mol. The molecule has 1 aromatic rings. The molecule has 18 heavy (non-hydrogen) atoms. The normalized spacial score (nSPS) is 12.3. The number of hydrogen-bond donors (Lipinski definition) is 3. The van der Waals surface area contributed by atoms with E-state index in [1.807, 2.05) is 18.2 Å². The smallest absolute Gasteiger partial charge is 0.248 e. The third-order valence-electron chi connectivity index (χ3n) is 3.09. The van der Waals surface area contributed by atoms with E-state index < -0.39 is 5.91 Å². The van der Waals surface area contributed by atoms with Gasteiger partial charge in [-0.15, -0.1) is 0 Å². The van der Waals surface area contributed by atoms with Crippen LogP contribution in [-0.4, -0.2) is 24.2 Å². The molecule has 0 bridgehead atoms. The molecule has 4 nitrogen and oxygen atoms in total. The van der Waals surface area contributed by atoms with Crippen molar-refractivity contribution < 1.29 is 9.90 Å². The Morgan fingerprint density at radius 1 is 1.50 bits per heavy atom. The molecule has 0 aliphatic rings. The number of primary amides is 1. The zero-order chi connectivity index (χ0) is 13.4. The van der Waals surface area contributed by atoms with Gasteiger partial charge in [-0.05, 0) is 36.6 Å². The van der Waals surface area contributed by atoms with E-state index in [9.17, 15) is 4.79 Å². The molecule has 0 spiro atoms. The number of nitrogens with two attached hydrogens (primary N) is 1. The van der Waals surface area contributed by atoms with Crippen molar-refractivity contribution in [1.82, 2.24) is 5.32 Å². The van der Waals surface area contributed by atoms with E-state index >= 15 is 0 Å². The number of hydrogen-bond acceptors (Lipinski definition) is 3. The monoisotopic (exact) mass is 250 g/mol. The third kappa shape index (κ3) is 4.85. The molecule has 4 N–H and O–H groups in total. The van der Waals surface area contributed by atoms with Crippen LogP contribution in [0.15, 0.2) is 24.3 Å². The minimum Gasteiger partial charge on any atom is -0.396 e. The number of carbonyl (C=O) groups is 1. The summed E-state index contributed by atoms with van der Waals surface area (Å²) in [5.74, 6) is 0.0953. The van der Waals surface area contributed by atoms with Crippen molar-refractivity contribution in [1.29, 1.82) is 0 Å². The van der Waals surface area contributed by atoms with Gasteiger partial charge < -0.3 is 16.2 Å². The lowest BCUT2D eigenvalue weighted by molar-refractivity contribution is 0.1000. The number of nitrogens with one attached hydrogen (secondary N) is 1. The van der Waals surface area contributed by atoms with Crippen LogP contribution in [0.5, 0.6) is 0 Å². The largest absolute Gasteiger partial charge is 0.396 e. The fourth-order valence-electron chi connectivity index (χ4n) is 1.89. The van der Waals surface area contributed by atoms with Crippen molar-refractivity contribution in [3.63, 3.8) is 0 Å². The van der Waals surface area contributed by atoms with Crippen LogP contribution in [0.2, 0.25) is 0 Å². The van der Waals surface area contributed by atoms with Gasteiger partial charge in [-0.2, -0.15) is 0 Å². The Bertz CT molecular complexity index is 380. The Hall–Kier alpha value is -1.39. The van der Waals surface area contributed by atoms with Crippen molar-refractivity contribution in [2.24, 2.45) is 11.7 Å². The highest BCUT2D eigenvalue weighted by Gasteiger charge is 2.05. The van der Waals surface area contributed by atoms with Gasteiger partial charge in [-0.3, -0.25) is 4.79 Å². The Kier molecular flexibility index (Phi) is 6.39. The molecule has 1 atom stereocenters. The summed E-state index contributed by atoms with van der Waals surface area (Å²) in [5.41, 5.74) is 6.82. The Morgan fingerprint density at radius 2 is 2.28 bits per heavy atom. The van der Waals surface area contributed by atoms with Crippen LogP contribution in [0.4, 0.5) is 0 Å². The van der Waals surface area contributed by atoms with Crippen molar-refractivity contribution >= 4 is 5.91 Å². The molecule has 100 valence electrons. The summed E-state index contributed by atoms with van der Waals surface area (Å²) in [6.07, 6.45) is 1.87. The van der Waals surface area contributed by atoms with Gasteiger partial charge in [0.05, 0.1) is 0 Å². The molecule has 1 aromatic carbocycles. The van der Waals surface area contributed by atoms with E-state index in [4.69, 9.17) is 10.8 Å². The molecule has 0 aliphatic heterocycles. The first-order valence-electron chi connectivity index (χ1n) is 6.37. The number of aliphatic hydroxyl groups excluding tert-OH is 1. The van der Waals surface area contributed by atoms with Crippen LogP contribution in [-0.2, 0) is 6.54 Å². The summed E-state index contributed by atoms with van der Waals surface area (Å²) >= 11 is 0. The molecule has 0 fully saturated rings. The summed E-state index contributed by atoms with van der Waals surface area (Å²) in [7, 11) is 0. The number of rotatable bonds is 8. The second kappa shape index (κ2) is 7.84. The van der Waals surface area contributed by atoms with Crippen molar-refractivity contribution in [2.75, 3.05) is 13.2 Å². The quantitative estimate of drug-likeness (QED) is 0.650. The zero-order valence-corrected chi connectivity index (χ0v) is 10.9. The average Bonchev–Trinajstić information content (AvgIpc) is 2.38. The van der Waals surface area contributed by atoms with E-state index in [-0.39, 0.29) is 6.61 Å².